The Bertz CT molecular complexity index is 904. The molecule has 1 aromatic rings. The molecule has 2 heterocycles. The Morgan fingerprint density at radius 1 is 1.21 bits per heavy atom. The molecule has 0 spiro atoms. The fourth-order valence-electron chi connectivity index (χ4n) is 4.64. The zero-order valence-corrected chi connectivity index (χ0v) is 20.6. The molecular formula is C25H39N5O3. The van der Waals surface area contributed by atoms with Crippen molar-refractivity contribution in [3.05, 3.63) is 29.4 Å². The van der Waals surface area contributed by atoms with Crippen molar-refractivity contribution < 1.29 is 14.4 Å². The first-order valence-electron chi connectivity index (χ1n) is 12.4. The lowest BCUT2D eigenvalue weighted by molar-refractivity contribution is -0.132. The molecule has 0 unspecified atom stereocenters. The number of carbonyl (C=O) groups excluding carboxylic acids is 3. The van der Waals surface area contributed by atoms with Crippen LogP contribution in [0.15, 0.2) is 18.0 Å². The lowest BCUT2D eigenvalue weighted by atomic mass is 9.93. The number of amides is 3. The quantitative estimate of drug-likeness (QED) is 0.527. The van der Waals surface area contributed by atoms with Crippen LogP contribution < -0.4 is 10.6 Å². The molecule has 0 saturated carbocycles. The van der Waals surface area contributed by atoms with E-state index in [0.29, 0.717) is 32.0 Å². The summed E-state index contributed by atoms with van der Waals surface area (Å²) in [5.74, 6) is -0.346. The third-order valence-electron chi connectivity index (χ3n) is 6.63. The molecule has 1 aliphatic carbocycles. The van der Waals surface area contributed by atoms with Gasteiger partial charge in [0, 0.05) is 19.6 Å². The Kier molecular flexibility index (Phi) is 8.32. The highest BCUT2D eigenvalue weighted by atomic mass is 16.2. The van der Waals surface area contributed by atoms with Crippen LogP contribution in [0.1, 0.15) is 93.6 Å². The van der Waals surface area contributed by atoms with Gasteiger partial charge in [-0.1, -0.05) is 32.4 Å². The number of allylic oxidation sites excluding steroid dienone is 1. The number of hydrogen-bond acceptors (Lipinski definition) is 4. The average Bonchev–Trinajstić information content (AvgIpc) is 3.20. The van der Waals surface area contributed by atoms with Crippen LogP contribution in [0, 0.1) is 5.92 Å². The third kappa shape index (κ3) is 5.65. The fraction of sp³-hybridized carbons (Fsp3) is 0.680. The summed E-state index contributed by atoms with van der Waals surface area (Å²) in [6, 6.07) is 0. The van der Waals surface area contributed by atoms with Gasteiger partial charge in [-0.3, -0.25) is 14.4 Å². The minimum absolute atomic E-state index is 0.140. The van der Waals surface area contributed by atoms with Gasteiger partial charge in [-0.2, -0.15) is 0 Å². The van der Waals surface area contributed by atoms with Crippen LogP contribution in [0.25, 0.3) is 0 Å². The first kappa shape index (κ1) is 25.0. The lowest BCUT2D eigenvalue weighted by Crippen LogP contribution is -2.64. The van der Waals surface area contributed by atoms with Crippen molar-refractivity contribution in [2.75, 3.05) is 19.6 Å². The molecular weight excluding hydrogens is 418 g/mol. The molecule has 3 amide bonds. The number of carbonyl (C=O) groups is 3. The van der Waals surface area contributed by atoms with Gasteiger partial charge in [0.25, 0.3) is 11.8 Å². The molecule has 2 aliphatic rings. The molecule has 8 heteroatoms. The Hall–Kier alpha value is -2.64. The van der Waals surface area contributed by atoms with Gasteiger partial charge < -0.3 is 20.1 Å². The molecule has 0 radical (unpaired) electrons. The predicted octanol–water partition coefficient (Wildman–Crippen LogP) is 3.29. The molecule has 1 atom stereocenters. The Morgan fingerprint density at radius 3 is 2.67 bits per heavy atom. The minimum Gasteiger partial charge on any atom is -0.354 e. The SMILES string of the molecule is CCCN1C(=O)c2c(C(=O)NCCC3=CCCCC3)ncn2C[C@@]1(C)C(=O)NCCC(C)C. The van der Waals surface area contributed by atoms with Crippen molar-refractivity contribution in [1.82, 2.24) is 25.1 Å². The normalized spacial score (nSPS) is 20.5. The van der Waals surface area contributed by atoms with Gasteiger partial charge in [0.05, 0.1) is 12.9 Å². The third-order valence-corrected chi connectivity index (χ3v) is 6.63. The van der Waals surface area contributed by atoms with Crippen molar-refractivity contribution in [2.24, 2.45) is 5.92 Å². The smallest absolute Gasteiger partial charge is 0.273 e. The van der Waals surface area contributed by atoms with Crippen LogP contribution in [-0.4, -0.2) is 57.3 Å². The van der Waals surface area contributed by atoms with E-state index in [0.717, 1.165) is 25.7 Å². The van der Waals surface area contributed by atoms with Gasteiger partial charge in [-0.25, -0.2) is 4.98 Å². The van der Waals surface area contributed by atoms with Crippen molar-refractivity contribution in [3.8, 4) is 0 Å². The fourth-order valence-corrected chi connectivity index (χ4v) is 4.64. The number of hydrogen-bond donors (Lipinski definition) is 2. The highest BCUT2D eigenvalue weighted by molar-refractivity contribution is 6.07. The van der Waals surface area contributed by atoms with Gasteiger partial charge in [0.15, 0.2) is 5.69 Å². The van der Waals surface area contributed by atoms with Gasteiger partial charge in [-0.05, 0) is 57.8 Å². The topological polar surface area (TPSA) is 96.3 Å². The van der Waals surface area contributed by atoms with Crippen molar-refractivity contribution in [3.63, 3.8) is 0 Å². The average molecular weight is 458 g/mol. The molecule has 182 valence electrons. The second kappa shape index (κ2) is 11.0. The lowest BCUT2D eigenvalue weighted by Gasteiger charge is -2.43. The summed E-state index contributed by atoms with van der Waals surface area (Å²) in [5.41, 5.74) is 0.767. The molecule has 0 aromatic carbocycles. The summed E-state index contributed by atoms with van der Waals surface area (Å²) >= 11 is 0. The minimum atomic E-state index is -1.03. The van der Waals surface area contributed by atoms with Crippen molar-refractivity contribution in [2.45, 2.75) is 84.7 Å². The maximum atomic E-state index is 13.5. The van der Waals surface area contributed by atoms with Gasteiger partial charge in [-0.15, -0.1) is 0 Å². The first-order chi connectivity index (χ1) is 15.8. The van der Waals surface area contributed by atoms with E-state index in [1.54, 1.807) is 16.4 Å². The van der Waals surface area contributed by atoms with Crippen molar-refractivity contribution >= 4 is 17.7 Å². The number of fused-ring (bicyclic) bond motifs is 1. The summed E-state index contributed by atoms with van der Waals surface area (Å²) in [4.78, 5) is 45.4. The predicted molar refractivity (Wildman–Crippen MR) is 128 cm³/mol. The summed E-state index contributed by atoms with van der Waals surface area (Å²) in [5, 5.41) is 5.93. The molecule has 2 N–H and O–H groups in total. The molecule has 3 rings (SSSR count). The maximum Gasteiger partial charge on any atom is 0.273 e. The van der Waals surface area contributed by atoms with E-state index < -0.39 is 5.54 Å². The zero-order valence-electron chi connectivity index (χ0n) is 20.6. The molecule has 1 aliphatic heterocycles. The molecule has 0 bridgehead atoms. The van der Waals surface area contributed by atoms with Crippen LogP contribution in [0.2, 0.25) is 0 Å². The Balaban J connectivity index is 1.74. The molecule has 0 fully saturated rings. The van der Waals surface area contributed by atoms with E-state index >= 15 is 0 Å². The second-order valence-corrected chi connectivity index (χ2v) is 9.85. The van der Waals surface area contributed by atoms with Gasteiger partial charge >= 0.3 is 0 Å². The van der Waals surface area contributed by atoms with Crippen LogP contribution >= 0.6 is 0 Å². The Labute approximate surface area is 197 Å². The van der Waals surface area contributed by atoms with E-state index in [1.807, 2.05) is 6.92 Å². The molecule has 0 saturated heterocycles. The molecule has 8 nitrogen and oxygen atoms in total. The van der Waals surface area contributed by atoms with Crippen LogP contribution in [-0.2, 0) is 11.3 Å². The zero-order chi connectivity index (χ0) is 24.0. The highest BCUT2D eigenvalue weighted by Gasteiger charge is 2.48. The highest BCUT2D eigenvalue weighted by Crippen LogP contribution is 2.29. The number of imidazole rings is 1. The van der Waals surface area contributed by atoms with Crippen molar-refractivity contribution in [1.29, 1.82) is 0 Å². The van der Waals surface area contributed by atoms with E-state index in [-0.39, 0.29) is 35.7 Å². The Morgan fingerprint density at radius 2 is 2.00 bits per heavy atom. The van der Waals surface area contributed by atoms with Crippen LogP contribution in [0.3, 0.4) is 0 Å². The molecule has 1 aromatic heterocycles. The maximum absolute atomic E-state index is 13.5. The standard InChI is InChI=1S/C25H39N5O3/c1-5-15-30-23(32)21-20(22(31)26-14-12-19-9-7-6-8-10-19)28-17-29(21)16-25(30,4)24(33)27-13-11-18(2)3/h9,17-18H,5-8,10-16H2,1-4H3,(H,26,31)(H,27,33)/t25-/m0/s1. The number of aromatic nitrogens is 2. The number of nitrogens with one attached hydrogen (secondary N) is 2. The summed E-state index contributed by atoms with van der Waals surface area (Å²) in [6.45, 7) is 9.80. The van der Waals surface area contributed by atoms with Crippen LogP contribution in [0.4, 0.5) is 0 Å². The summed E-state index contributed by atoms with van der Waals surface area (Å²) in [7, 11) is 0. The monoisotopic (exact) mass is 457 g/mol. The molecule has 33 heavy (non-hydrogen) atoms. The second-order valence-electron chi connectivity index (χ2n) is 9.85. The van der Waals surface area contributed by atoms with Gasteiger partial charge in [0.1, 0.15) is 11.2 Å². The number of rotatable bonds is 10. The van der Waals surface area contributed by atoms with E-state index in [1.165, 1.54) is 24.7 Å². The van der Waals surface area contributed by atoms with Gasteiger partial charge in [0.2, 0.25) is 5.91 Å². The first-order valence-corrected chi connectivity index (χ1v) is 12.4. The van der Waals surface area contributed by atoms with E-state index in [9.17, 15) is 14.4 Å². The summed E-state index contributed by atoms with van der Waals surface area (Å²) in [6.07, 6.45) is 10.9. The van der Waals surface area contributed by atoms with E-state index in [4.69, 9.17) is 0 Å². The van der Waals surface area contributed by atoms with E-state index in [2.05, 4.69) is 35.5 Å². The number of nitrogens with zero attached hydrogens (tertiary/aromatic N) is 3. The summed E-state index contributed by atoms with van der Waals surface area (Å²) < 4.78 is 1.66. The largest absolute Gasteiger partial charge is 0.354 e. The van der Waals surface area contributed by atoms with Crippen LogP contribution in [0.5, 0.6) is 0 Å².